The Balaban J connectivity index is 2.05. The number of nitrogens with two attached hydrogens (primary N) is 1. The van der Waals surface area contributed by atoms with Crippen LogP contribution >= 0.6 is 0 Å². The molecule has 1 heterocycles. The van der Waals surface area contributed by atoms with E-state index in [0.717, 1.165) is 23.3 Å². The van der Waals surface area contributed by atoms with Gasteiger partial charge in [-0.25, -0.2) is 4.79 Å². The molecule has 1 aliphatic rings. The molecule has 0 spiro atoms. The summed E-state index contributed by atoms with van der Waals surface area (Å²) >= 11 is 0. The number of carboxylic acids is 1. The Bertz CT molecular complexity index is 515. The number of carbonyl (C=O) groups is 2. The third kappa shape index (κ3) is 2.85. The van der Waals surface area contributed by atoms with Gasteiger partial charge < -0.3 is 20.5 Å². The molecule has 1 aliphatic heterocycles. The van der Waals surface area contributed by atoms with Crippen LogP contribution < -0.4 is 10.5 Å². The number of fused-ring (bicyclic) bond motifs is 1. The molecule has 19 heavy (non-hydrogen) atoms. The molecule has 0 saturated heterocycles. The van der Waals surface area contributed by atoms with Crippen molar-refractivity contribution in [2.75, 3.05) is 13.7 Å². The van der Waals surface area contributed by atoms with E-state index in [1.807, 2.05) is 18.2 Å². The van der Waals surface area contributed by atoms with Gasteiger partial charge in [0, 0.05) is 20.0 Å². The third-order valence-corrected chi connectivity index (χ3v) is 3.08. The Morgan fingerprint density at radius 2 is 2.26 bits per heavy atom. The maximum Gasteiger partial charge on any atom is 0.330 e. The average molecular weight is 264 g/mol. The molecule has 2 rings (SSSR count). The van der Waals surface area contributed by atoms with E-state index < -0.39 is 17.9 Å². The summed E-state index contributed by atoms with van der Waals surface area (Å²) in [7, 11) is 1.54. The van der Waals surface area contributed by atoms with Crippen molar-refractivity contribution in [1.82, 2.24) is 4.90 Å². The zero-order valence-corrected chi connectivity index (χ0v) is 10.6. The molecule has 6 heteroatoms. The number of hydrogen-bond donors (Lipinski definition) is 2. The first-order valence-corrected chi connectivity index (χ1v) is 5.97. The number of aliphatic carboxylic acids is 1. The summed E-state index contributed by atoms with van der Waals surface area (Å²) in [5, 5.41) is 8.71. The van der Waals surface area contributed by atoms with Crippen molar-refractivity contribution in [2.24, 2.45) is 5.73 Å². The Kier molecular flexibility index (Phi) is 3.71. The van der Waals surface area contributed by atoms with Crippen molar-refractivity contribution in [2.45, 2.75) is 19.0 Å². The molecule has 1 unspecified atom stereocenters. The van der Waals surface area contributed by atoms with Crippen LogP contribution in [0.5, 0.6) is 5.75 Å². The Morgan fingerprint density at radius 3 is 2.95 bits per heavy atom. The van der Waals surface area contributed by atoms with Gasteiger partial charge in [-0.3, -0.25) is 4.79 Å². The minimum Gasteiger partial charge on any atom is -0.493 e. The van der Waals surface area contributed by atoms with Crippen LogP contribution in [0.1, 0.15) is 11.1 Å². The predicted octanol–water partition coefficient (Wildman–Crippen LogP) is -0.00820. The zero-order chi connectivity index (χ0) is 14.0. The van der Waals surface area contributed by atoms with Gasteiger partial charge in [-0.15, -0.1) is 0 Å². The number of nitrogens with zero attached hydrogens (tertiary/aromatic N) is 1. The Labute approximate surface area is 110 Å². The first-order chi connectivity index (χ1) is 8.99. The summed E-state index contributed by atoms with van der Waals surface area (Å²) < 4.78 is 5.40. The van der Waals surface area contributed by atoms with Gasteiger partial charge in [0.15, 0.2) is 6.04 Å². The first kappa shape index (κ1) is 13.4. The van der Waals surface area contributed by atoms with Gasteiger partial charge in [-0.1, -0.05) is 12.1 Å². The van der Waals surface area contributed by atoms with E-state index in [-0.39, 0.29) is 0 Å². The van der Waals surface area contributed by atoms with E-state index in [1.54, 1.807) is 0 Å². The zero-order valence-electron chi connectivity index (χ0n) is 10.6. The normalized spacial score (nSPS) is 14.4. The number of rotatable bonds is 4. The highest BCUT2D eigenvalue weighted by molar-refractivity contribution is 6.00. The van der Waals surface area contributed by atoms with Gasteiger partial charge >= 0.3 is 5.97 Å². The Hall–Kier alpha value is -2.08. The highest BCUT2D eigenvalue weighted by Gasteiger charge is 2.24. The topological polar surface area (TPSA) is 92.9 Å². The second-order valence-electron chi connectivity index (χ2n) is 4.55. The van der Waals surface area contributed by atoms with Crippen LogP contribution in [0, 0.1) is 0 Å². The molecular weight excluding hydrogens is 248 g/mol. The van der Waals surface area contributed by atoms with Crippen LogP contribution in [0.25, 0.3) is 0 Å². The smallest absolute Gasteiger partial charge is 0.330 e. The minimum atomic E-state index is -1.51. The molecule has 0 fully saturated rings. The molecule has 0 saturated carbocycles. The third-order valence-electron chi connectivity index (χ3n) is 3.08. The monoisotopic (exact) mass is 264 g/mol. The van der Waals surface area contributed by atoms with Crippen molar-refractivity contribution < 1.29 is 19.4 Å². The standard InChI is InChI=1S/C13H16N2O4/c1-15(12(16)11(14)13(17)18)7-8-2-3-10-9(6-8)4-5-19-10/h2-3,6,11H,4-5,7,14H2,1H3,(H,17,18). The lowest BCUT2D eigenvalue weighted by atomic mass is 10.1. The second kappa shape index (κ2) is 5.27. The van der Waals surface area contributed by atoms with Gasteiger partial charge in [0.2, 0.25) is 0 Å². The first-order valence-electron chi connectivity index (χ1n) is 5.97. The molecule has 1 aromatic carbocycles. The summed E-state index contributed by atoms with van der Waals surface area (Å²) in [6.45, 7) is 1.00. The SMILES string of the molecule is CN(Cc1ccc2c(c1)CCO2)C(=O)C(N)C(=O)O. The van der Waals surface area contributed by atoms with Crippen LogP contribution in [0.15, 0.2) is 18.2 Å². The number of benzene rings is 1. The fourth-order valence-electron chi connectivity index (χ4n) is 2.03. The van der Waals surface area contributed by atoms with Crippen molar-refractivity contribution >= 4 is 11.9 Å². The molecule has 6 nitrogen and oxygen atoms in total. The predicted molar refractivity (Wildman–Crippen MR) is 67.7 cm³/mol. The van der Waals surface area contributed by atoms with Crippen LogP contribution in [0.2, 0.25) is 0 Å². The van der Waals surface area contributed by atoms with Crippen molar-refractivity contribution in [3.05, 3.63) is 29.3 Å². The lowest BCUT2D eigenvalue weighted by molar-refractivity contribution is -0.146. The average Bonchev–Trinajstić information content (AvgIpc) is 2.84. The molecule has 0 aliphatic carbocycles. The number of carbonyl (C=O) groups excluding carboxylic acids is 1. The molecule has 0 aromatic heterocycles. The highest BCUT2D eigenvalue weighted by Crippen LogP contribution is 2.26. The lowest BCUT2D eigenvalue weighted by Crippen LogP contribution is -2.46. The van der Waals surface area contributed by atoms with Gasteiger partial charge in [0.05, 0.1) is 6.61 Å². The van der Waals surface area contributed by atoms with Gasteiger partial charge in [-0.2, -0.15) is 0 Å². The fraction of sp³-hybridized carbons (Fsp3) is 0.385. The van der Waals surface area contributed by atoms with Crippen molar-refractivity contribution in [1.29, 1.82) is 0 Å². The van der Waals surface area contributed by atoms with Gasteiger partial charge in [0.25, 0.3) is 5.91 Å². The van der Waals surface area contributed by atoms with E-state index in [1.165, 1.54) is 11.9 Å². The van der Waals surface area contributed by atoms with Gasteiger partial charge in [0.1, 0.15) is 5.75 Å². The molecule has 0 radical (unpaired) electrons. The number of carboxylic acid groups (broad SMARTS) is 1. The summed E-state index contributed by atoms with van der Waals surface area (Å²) in [5.41, 5.74) is 7.33. The van der Waals surface area contributed by atoms with Crippen LogP contribution in [-0.2, 0) is 22.6 Å². The minimum absolute atomic E-state index is 0.326. The van der Waals surface area contributed by atoms with E-state index >= 15 is 0 Å². The maximum atomic E-state index is 11.7. The van der Waals surface area contributed by atoms with E-state index in [0.29, 0.717) is 13.2 Å². The number of amides is 1. The summed E-state index contributed by atoms with van der Waals surface area (Å²) in [6.07, 6.45) is 0.857. The molecular formula is C13H16N2O4. The molecule has 1 amide bonds. The molecule has 1 atom stereocenters. The lowest BCUT2D eigenvalue weighted by Gasteiger charge is -2.19. The number of hydrogen-bond acceptors (Lipinski definition) is 4. The molecule has 3 N–H and O–H groups in total. The van der Waals surface area contributed by atoms with E-state index in [2.05, 4.69) is 0 Å². The summed E-state index contributed by atoms with van der Waals surface area (Å²) in [6, 6.07) is 4.19. The number of ether oxygens (including phenoxy) is 1. The Morgan fingerprint density at radius 1 is 1.53 bits per heavy atom. The van der Waals surface area contributed by atoms with Crippen LogP contribution in [0.3, 0.4) is 0 Å². The van der Waals surface area contributed by atoms with Crippen molar-refractivity contribution in [3.8, 4) is 5.75 Å². The maximum absolute atomic E-state index is 11.7. The van der Waals surface area contributed by atoms with Crippen molar-refractivity contribution in [3.63, 3.8) is 0 Å². The number of likely N-dealkylation sites (N-methyl/N-ethyl adjacent to an activating group) is 1. The molecule has 102 valence electrons. The largest absolute Gasteiger partial charge is 0.493 e. The van der Waals surface area contributed by atoms with Gasteiger partial charge in [-0.05, 0) is 17.2 Å². The fourth-order valence-corrected chi connectivity index (χ4v) is 2.03. The molecule has 0 bridgehead atoms. The highest BCUT2D eigenvalue weighted by atomic mass is 16.5. The quantitative estimate of drug-likeness (QED) is 0.746. The molecule has 1 aromatic rings. The van der Waals surface area contributed by atoms with Crippen LogP contribution in [0.4, 0.5) is 0 Å². The van der Waals surface area contributed by atoms with E-state index in [4.69, 9.17) is 15.6 Å². The summed E-state index contributed by atoms with van der Waals surface area (Å²) in [5.74, 6) is -1.05. The van der Waals surface area contributed by atoms with Crippen LogP contribution in [-0.4, -0.2) is 41.6 Å². The second-order valence-corrected chi connectivity index (χ2v) is 4.55. The summed E-state index contributed by atoms with van der Waals surface area (Å²) in [4.78, 5) is 23.7. The van der Waals surface area contributed by atoms with E-state index in [9.17, 15) is 9.59 Å².